The fourth-order valence-electron chi connectivity index (χ4n) is 2.90. The third kappa shape index (κ3) is 4.54. The average Bonchev–Trinajstić information content (AvgIpc) is 2.85. The van der Waals surface area contributed by atoms with Crippen molar-refractivity contribution in [3.63, 3.8) is 0 Å². The normalized spacial score (nSPS) is 22.7. The fourth-order valence-corrected chi connectivity index (χ4v) is 3.83. The van der Waals surface area contributed by atoms with E-state index in [1.165, 1.54) is 0 Å². The van der Waals surface area contributed by atoms with Crippen LogP contribution in [0.25, 0.3) is 0 Å². The minimum Gasteiger partial charge on any atom is -0.443 e. The summed E-state index contributed by atoms with van der Waals surface area (Å²) in [4.78, 5) is 6.64. The van der Waals surface area contributed by atoms with Crippen molar-refractivity contribution in [2.75, 3.05) is 18.8 Å². The number of aromatic nitrogens is 1. The maximum atomic E-state index is 11.3. The number of oxazole rings is 1. The van der Waals surface area contributed by atoms with Crippen LogP contribution in [0.4, 0.5) is 0 Å². The van der Waals surface area contributed by atoms with Crippen LogP contribution in [0.3, 0.4) is 0 Å². The molecule has 0 aliphatic carbocycles. The molecule has 0 amide bonds. The van der Waals surface area contributed by atoms with Crippen LogP contribution in [-0.2, 0) is 15.4 Å². The first kappa shape index (κ1) is 17.4. The number of piperidine rings is 1. The van der Waals surface area contributed by atoms with Gasteiger partial charge in [0.15, 0.2) is 0 Å². The predicted octanol–water partition coefficient (Wildman–Crippen LogP) is 2.03. The van der Waals surface area contributed by atoms with Crippen molar-refractivity contribution in [1.29, 1.82) is 0 Å². The lowest BCUT2D eigenvalue weighted by Crippen LogP contribution is -2.40. The van der Waals surface area contributed by atoms with Gasteiger partial charge in [0.1, 0.15) is 5.76 Å². The molecule has 0 saturated carbocycles. The van der Waals surface area contributed by atoms with Crippen molar-refractivity contribution >= 4 is 10.0 Å². The van der Waals surface area contributed by atoms with Crippen molar-refractivity contribution in [1.82, 2.24) is 9.88 Å². The molecule has 1 aromatic heterocycles. The van der Waals surface area contributed by atoms with Crippen LogP contribution < -0.4 is 5.14 Å². The lowest BCUT2D eigenvalue weighted by molar-refractivity contribution is 0.121. The monoisotopic (exact) mass is 329 g/mol. The molecule has 2 N–H and O–H groups in total. The van der Waals surface area contributed by atoms with Gasteiger partial charge in [0.2, 0.25) is 15.9 Å². The number of nitrogens with two attached hydrogens (primary N) is 1. The largest absolute Gasteiger partial charge is 0.443 e. The zero-order chi connectivity index (χ0) is 16.5. The Balaban J connectivity index is 2.05. The van der Waals surface area contributed by atoms with Crippen LogP contribution in [0.5, 0.6) is 0 Å². The second-order valence-corrected chi connectivity index (χ2v) is 8.98. The highest BCUT2D eigenvalue weighted by Gasteiger charge is 2.29. The summed E-state index contributed by atoms with van der Waals surface area (Å²) in [5.41, 5.74) is -0.0664. The molecule has 0 unspecified atom stereocenters. The highest BCUT2D eigenvalue weighted by molar-refractivity contribution is 7.89. The topological polar surface area (TPSA) is 89.4 Å². The third-order valence-corrected chi connectivity index (χ3v) is 5.12. The van der Waals surface area contributed by atoms with Gasteiger partial charge in [-0.25, -0.2) is 18.5 Å². The van der Waals surface area contributed by atoms with Gasteiger partial charge in [0.25, 0.3) is 0 Å². The third-order valence-electron chi connectivity index (χ3n) is 4.19. The average molecular weight is 329 g/mol. The van der Waals surface area contributed by atoms with Crippen LogP contribution in [0, 0.1) is 5.92 Å². The number of hydrogen-bond donors (Lipinski definition) is 1. The Morgan fingerprint density at radius 1 is 1.50 bits per heavy atom. The fraction of sp³-hybridized carbons (Fsp3) is 0.800. The Morgan fingerprint density at radius 3 is 2.73 bits per heavy atom. The molecule has 22 heavy (non-hydrogen) atoms. The van der Waals surface area contributed by atoms with Gasteiger partial charge in [0, 0.05) is 12.0 Å². The van der Waals surface area contributed by atoms with Crippen molar-refractivity contribution in [2.45, 2.75) is 52.0 Å². The minimum atomic E-state index is -3.42. The summed E-state index contributed by atoms with van der Waals surface area (Å²) in [6.07, 6.45) is 3.66. The van der Waals surface area contributed by atoms with Gasteiger partial charge < -0.3 is 4.42 Å². The molecule has 1 fully saturated rings. The molecule has 7 heteroatoms. The molecule has 0 bridgehead atoms. The standard InChI is InChI=1S/C15H27N3O3S/c1-11(14-17-8-13(21-14)15(2,3)4)18-7-5-6-12(9-18)10-22(16,19)20/h8,11-12H,5-7,9-10H2,1-4H3,(H2,16,19,20)/t11-,12+/m1/s1. The number of nitrogens with zero attached hydrogens (tertiary/aromatic N) is 2. The molecule has 1 aliphatic rings. The van der Waals surface area contributed by atoms with Crippen LogP contribution in [-0.4, -0.2) is 37.1 Å². The van der Waals surface area contributed by atoms with E-state index < -0.39 is 10.0 Å². The van der Waals surface area contributed by atoms with Crippen LogP contribution in [0.15, 0.2) is 10.6 Å². The van der Waals surface area contributed by atoms with Crippen LogP contribution in [0.2, 0.25) is 0 Å². The summed E-state index contributed by atoms with van der Waals surface area (Å²) in [7, 11) is -3.42. The van der Waals surface area contributed by atoms with E-state index in [2.05, 4.69) is 37.6 Å². The summed E-state index contributed by atoms with van der Waals surface area (Å²) in [6.45, 7) is 9.96. The zero-order valence-electron chi connectivity index (χ0n) is 13.9. The van der Waals surface area contributed by atoms with Crippen LogP contribution >= 0.6 is 0 Å². The predicted molar refractivity (Wildman–Crippen MR) is 85.9 cm³/mol. The maximum Gasteiger partial charge on any atom is 0.211 e. The first-order chi connectivity index (χ1) is 10.1. The molecule has 0 radical (unpaired) electrons. The molecule has 0 aromatic carbocycles. The van der Waals surface area contributed by atoms with E-state index >= 15 is 0 Å². The van der Waals surface area contributed by atoms with Crippen molar-refractivity contribution in [3.8, 4) is 0 Å². The number of hydrogen-bond acceptors (Lipinski definition) is 5. The van der Waals surface area contributed by atoms with Gasteiger partial charge >= 0.3 is 0 Å². The van der Waals surface area contributed by atoms with Gasteiger partial charge in [-0.3, -0.25) is 4.90 Å². The molecular formula is C15H27N3O3S. The highest BCUT2D eigenvalue weighted by Crippen LogP contribution is 2.29. The second-order valence-electron chi connectivity index (χ2n) is 7.32. The van der Waals surface area contributed by atoms with Crippen molar-refractivity contribution in [2.24, 2.45) is 11.1 Å². The summed E-state index contributed by atoms with van der Waals surface area (Å²) in [5, 5.41) is 5.17. The number of likely N-dealkylation sites (tertiary alicyclic amines) is 1. The summed E-state index contributed by atoms with van der Waals surface area (Å²) >= 11 is 0. The van der Waals surface area contributed by atoms with Gasteiger partial charge in [-0.2, -0.15) is 0 Å². The number of primary sulfonamides is 1. The quantitative estimate of drug-likeness (QED) is 0.913. The van der Waals surface area contributed by atoms with E-state index in [-0.39, 0.29) is 23.1 Å². The molecule has 2 heterocycles. The molecule has 1 aliphatic heterocycles. The first-order valence-electron chi connectivity index (χ1n) is 7.77. The molecule has 126 valence electrons. The van der Waals surface area contributed by atoms with E-state index in [0.717, 1.165) is 25.1 Å². The summed E-state index contributed by atoms with van der Waals surface area (Å²) in [5.74, 6) is 1.70. The Labute approximate surface area is 133 Å². The molecule has 1 saturated heterocycles. The van der Waals surface area contributed by atoms with Gasteiger partial charge in [-0.1, -0.05) is 20.8 Å². The lowest BCUT2D eigenvalue weighted by atomic mass is 9.94. The molecule has 0 spiro atoms. The maximum absolute atomic E-state index is 11.3. The first-order valence-corrected chi connectivity index (χ1v) is 9.48. The van der Waals surface area contributed by atoms with E-state index in [4.69, 9.17) is 9.56 Å². The molecule has 2 atom stereocenters. The van der Waals surface area contributed by atoms with E-state index in [1.807, 2.05) is 0 Å². The lowest BCUT2D eigenvalue weighted by Gasteiger charge is -2.35. The van der Waals surface area contributed by atoms with Gasteiger partial charge in [-0.05, 0) is 32.2 Å². The molecule has 1 aromatic rings. The SMILES string of the molecule is C[C@H](c1ncc(C(C)(C)C)o1)N1CCC[C@H](CS(N)(=O)=O)C1. The molecule has 6 nitrogen and oxygen atoms in total. The van der Waals surface area contributed by atoms with Crippen molar-refractivity contribution < 1.29 is 12.8 Å². The summed E-state index contributed by atoms with van der Waals surface area (Å²) < 4.78 is 28.5. The second kappa shape index (κ2) is 6.29. The van der Waals surface area contributed by atoms with E-state index in [9.17, 15) is 8.42 Å². The molecule has 2 rings (SSSR count). The van der Waals surface area contributed by atoms with E-state index in [1.54, 1.807) is 6.20 Å². The Kier molecular flexibility index (Phi) is 4.99. The van der Waals surface area contributed by atoms with Crippen molar-refractivity contribution in [3.05, 3.63) is 17.8 Å². The molecular weight excluding hydrogens is 302 g/mol. The number of sulfonamides is 1. The summed E-state index contributed by atoms with van der Waals surface area (Å²) in [6, 6.07) is 0.0411. The van der Waals surface area contributed by atoms with Gasteiger partial charge in [-0.15, -0.1) is 0 Å². The highest BCUT2D eigenvalue weighted by atomic mass is 32.2. The Bertz CT molecular complexity index is 604. The smallest absolute Gasteiger partial charge is 0.211 e. The van der Waals surface area contributed by atoms with E-state index in [0.29, 0.717) is 12.4 Å². The zero-order valence-corrected chi connectivity index (χ0v) is 14.7. The van der Waals surface area contributed by atoms with Crippen LogP contribution in [0.1, 0.15) is 58.2 Å². The van der Waals surface area contributed by atoms with Gasteiger partial charge in [0.05, 0.1) is 18.0 Å². The Morgan fingerprint density at radius 2 is 2.18 bits per heavy atom. The minimum absolute atomic E-state index is 0.0411. The Hall–Kier alpha value is -0.920. The number of rotatable bonds is 4.